The monoisotopic (exact) mass is 371 g/mol. The second-order valence-corrected chi connectivity index (χ2v) is 6.18. The molecule has 0 fully saturated rings. The number of ether oxygens (including phenoxy) is 1. The number of carbonyl (C=O) groups excluding carboxylic acids is 2. The Morgan fingerprint density at radius 3 is 2.37 bits per heavy atom. The van der Waals surface area contributed by atoms with Gasteiger partial charge in [0.15, 0.2) is 0 Å². The van der Waals surface area contributed by atoms with Crippen LogP contribution in [-0.2, 0) is 4.79 Å². The van der Waals surface area contributed by atoms with Crippen LogP contribution in [0.2, 0.25) is 0 Å². The molecular formula is C20H22FN3O3. The maximum absolute atomic E-state index is 13.7. The Morgan fingerprint density at radius 2 is 1.78 bits per heavy atom. The third-order valence-electron chi connectivity index (χ3n) is 3.86. The molecule has 2 aromatic carbocycles. The molecule has 27 heavy (non-hydrogen) atoms. The number of nitrogens with zero attached hydrogens (tertiary/aromatic N) is 1. The Kier molecular flexibility index (Phi) is 7.05. The Morgan fingerprint density at radius 1 is 1.11 bits per heavy atom. The molecule has 0 spiro atoms. The number of hydrogen-bond acceptors (Lipinski definition) is 4. The van der Waals surface area contributed by atoms with Crippen LogP contribution in [-0.4, -0.2) is 31.2 Å². The fraction of sp³-hybridized carbons (Fsp3) is 0.250. The Labute approximate surface area is 157 Å². The highest BCUT2D eigenvalue weighted by Crippen LogP contribution is 2.10. The van der Waals surface area contributed by atoms with Gasteiger partial charge in [0.05, 0.1) is 18.9 Å². The highest BCUT2D eigenvalue weighted by Gasteiger charge is 2.25. The average molecular weight is 371 g/mol. The van der Waals surface area contributed by atoms with Crippen molar-refractivity contribution in [3.63, 3.8) is 0 Å². The van der Waals surface area contributed by atoms with Crippen molar-refractivity contribution >= 4 is 18.0 Å². The molecule has 1 unspecified atom stereocenters. The molecule has 0 aliphatic heterocycles. The van der Waals surface area contributed by atoms with Crippen LogP contribution < -0.4 is 15.5 Å². The van der Waals surface area contributed by atoms with Gasteiger partial charge < -0.3 is 10.1 Å². The normalized spacial score (nSPS) is 12.0. The zero-order valence-corrected chi connectivity index (χ0v) is 15.4. The summed E-state index contributed by atoms with van der Waals surface area (Å²) in [5, 5.41) is 6.46. The minimum absolute atomic E-state index is 0.113. The first-order chi connectivity index (χ1) is 12.9. The molecule has 1 atom stereocenters. The number of nitrogens with one attached hydrogen (secondary N) is 2. The van der Waals surface area contributed by atoms with Crippen molar-refractivity contribution in [1.29, 1.82) is 0 Å². The van der Waals surface area contributed by atoms with Gasteiger partial charge in [-0.1, -0.05) is 26.0 Å². The Balaban J connectivity index is 2.00. The summed E-state index contributed by atoms with van der Waals surface area (Å²) in [5.74, 6) is -1.28. The quantitative estimate of drug-likeness (QED) is 0.580. The fourth-order valence-corrected chi connectivity index (χ4v) is 2.33. The summed E-state index contributed by atoms with van der Waals surface area (Å²) in [5.41, 5.74) is 3.06. The van der Waals surface area contributed by atoms with E-state index in [1.54, 1.807) is 51.3 Å². The van der Waals surface area contributed by atoms with Gasteiger partial charge >= 0.3 is 0 Å². The van der Waals surface area contributed by atoms with Crippen molar-refractivity contribution in [3.8, 4) is 5.75 Å². The zero-order chi connectivity index (χ0) is 19.8. The summed E-state index contributed by atoms with van der Waals surface area (Å²) in [6, 6.07) is 11.9. The number of hydrazone groups is 1. The summed E-state index contributed by atoms with van der Waals surface area (Å²) < 4.78 is 18.8. The molecule has 6 nitrogen and oxygen atoms in total. The molecule has 0 bridgehead atoms. The van der Waals surface area contributed by atoms with Crippen molar-refractivity contribution < 1.29 is 18.7 Å². The van der Waals surface area contributed by atoms with Crippen LogP contribution >= 0.6 is 0 Å². The zero-order valence-electron chi connectivity index (χ0n) is 15.4. The van der Waals surface area contributed by atoms with Crippen LogP contribution in [0.1, 0.15) is 29.8 Å². The van der Waals surface area contributed by atoms with E-state index < -0.39 is 23.7 Å². The second-order valence-electron chi connectivity index (χ2n) is 6.18. The number of amides is 2. The van der Waals surface area contributed by atoms with Crippen LogP contribution in [0, 0.1) is 11.7 Å². The summed E-state index contributed by atoms with van der Waals surface area (Å²) in [4.78, 5) is 24.6. The molecule has 0 saturated heterocycles. The van der Waals surface area contributed by atoms with Gasteiger partial charge in [0.1, 0.15) is 17.6 Å². The van der Waals surface area contributed by atoms with E-state index in [4.69, 9.17) is 4.74 Å². The van der Waals surface area contributed by atoms with Crippen LogP contribution in [0.25, 0.3) is 0 Å². The summed E-state index contributed by atoms with van der Waals surface area (Å²) in [6.45, 7) is 3.55. The van der Waals surface area contributed by atoms with Crippen molar-refractivity contribution in [2.75, 3.05) is 7.11 Å². The van der Waals surface area contributed by atoms with Crippen molar-refractivity contribution in [1.82, 2.24) is 10.7 Å². The van der Waals surface area contributed by atoms with Gasteiger partial charge in [0.25, 0.3) is 11.8 Å². The first kappa shape index (κ1) is 20.1. The number of halogens is 1. The lowest BCUT2D eigenvalue weighted by molar-refractivity contribution is -0.123. The lowest BCUT2D eigenvalue weighted by atomic mass is 10.0. The molecule has 142 valence electrons. The van der Waals surface area contributed by atoms with E-state index in [2.05, 4.69) is 15.8 Å². The summed E-state index contributed by atoms with van der Waals surface area (Å²) in [7, 11) is 1.57. The van der Waals surface area contributed by atoms with Crippen LogP contribution in [0.3, 0.4) is 0 Å². The summed E-state index contributed by atoms with van der Waals surface area (Å²) >= 11 is 0. The fourth-order valence-electron chi connectivity index (χ4n) is 2.33. The molecule has 0 aliphatic carbocycles. The molecule has 0 saturated carbocycles. The smallest absolute Gasteiger partial charge is 0.262 e. The molecule has 2 amide bonds. The van der Waals surface area contributed by atoms with Gasteiger partial charge in [0, 0.05) is 0 Å². The Bertz CT molecular complexity index is 819. The third-order valence-corrected chi connectivity index (χ3v) is 3.86. The van der Waals surface area contributed by atoms with Crippen molar-refractivity contribution in [2.45, 2.75) is 19.9 Å². The van der Waals surface area contributed by atoms with Gasteiger partial charge in [-0.2, -0.15) is 5.10 Å². The highest BCUT2D eigenvalue weighted by molar-refractivity contribution is 5.98. The molecule has 0 radical (unpaired) electrons. The third kappa shape index (κ3) is 5.64. The lowest BCUT2D eigenvalue weighted by Gasteiger charge is -2.20. The maximum atomic E-state index is 13.7. The van der Waals surface area contributed by atoms with Gasteiger partial charge in [-0.3, -0.25) is 9.59 Å². The number of carbonyl (C=O) groups is 2. The first-order valence-electron chi connectivity index (χ1n) is 8.44. The van der Waals surface area contributed by atoms with Gasteiger partial charge in [-0.25, -0.2) is 9.82 Å². The van der Waals surface area contributed by atoms with E-state index in [1.165, 1.54) is 24.4 Å². The molecule has 0 aliphatic rings. The Hall–Kier alpha value is -3.22. The molecule has 0 heterocycles. The average Bonchev–Trinajstić information content (AvgIpc) is 2.66. The number of benzene rings is 2. The molecule has 2 rings (SSSR count). The van der Waals surface area contributed by atoms with Gasteiger partial charge in [0.2, 0.25) is 0 Å². The minimum Gasteiger partial charge on any atom is -0.497 e. The van der Waals surface area contributed by atoms with Gasteiger partial charge in [-0.05, 0) is 47.9 Å². The minimum atomic E-state index is -0.856. The van der Waals surface area contributed by atoms with Crippen molar-refractivity contribution in [3.05, 3.63) is 65.5 Å². The van der Waals surface area contributed by atoms with Crippen LogP contribution in [0.5, 0.6) is 5.75 Å². The topological polar surface area (TPSA) is 79.8 Å². The van der Waals surface area contributed by atoms with E-state index >= 15 is 0 Å². The first-order valence-corrected chi connectivity index (χ1v) is 8.44. The molecule has 0 aromatic heterocycles. The second kappa shape index (κ2) is 9.47. The predicted octanol–water partition coefficient (Wildman–Crippen LogP) is 2.74. The summed E-state index contributed by atoms with van der Waals surface area (Å²) in [6.07, 6.45) is 1.48. The molecular weight excluding hydrogens is 349 g/mol. The number of rotatable bonds is 7. The molecule has 2 N–H and O–H groups in total. The number of hydrogen-bond donors (Lipinski definition) is 2. The van der Waals surface area contributed by atoms with E-state index in [-0.39, 0.29) is 11.5 Å². The van der Waals surface area contributed by atoms with E-state index in [0.29, 0.717) is 5.75 Å². The van der Waals surface area contributed by atoms with Gasteiger partial charge in [-0.15, -0.1) is 0 Å². The highest BCUT2D eigenvalue weighted by atomic mass is 19.1. The SMILES string of the molecule is COc1ccc(/C=N/NC(=O)C(NC(=O)c2ccccc2F)C(C)C)cc1. The van der Waals surface area contributed by atoms with E-state index in [0.717, 1.165) is 5.56 Å². The maximum Gasteiger partial charge on any atom is 0.262 e. The lowest BCUT2D eigenvalue weighted by Crippen LogP contribution is -2.48. The van der Waals surface area contributed by atoms with Crippen molar-refractivity contribution in [2.24, 2.45) is 11.0 Å². The molecule has 7 heteroatoms. The standard InChI is InChI=1S/C20H22FN3O3/c1-13(2)18(23-19(25)16-6-4-5-7-17(16)21)20(26)24-22-12-14-8-10-15(27-3)11-9-14/h4-13,18H,1-3H3,(H,23,25)(H,24,26)/b22-12+. The number of methoxy groups -OCH3 is 1. The van der Waals surface area contributed by atoms with Crippen LogP contribution in [0.4, 0.5) is 4.39 Å². The largest absolute Gasteiger partial charge is 0.497 e. The van der Waals surface area contributed by atoms with Crippen LogP contribution in [0.15, 0.2) is 53.6 Å². The molecule has 2 aromatic rings. The predicted molar refractivity (Wildman–Crippen MR) is 101 cm³/mol. The van der Waals surface area contributed by atoms with E-state index in [1.807, 2.05) is 0 Å². The van der Waals surface area contributed by atoms with E-state index in [9.17, 15) is 14.0 Å².